The molecule has 5 heteroatoms. The first-order chi connectivity index (χ1) is 8.54. The highest BCUT2D eigenvalue weighted by molar-refractivity contribution is 5.95. The summed E-state index contributed by atoms with van der Waals surface area (Å²) in [6.45, 7) is 8.23. The van der Waals surface area contributed by atoms with Crippen LogP contribution in [-0.2, 0) is 0 Å². The number of carbonyl (C=O) groups is 1. The summed E-state index contributed by atoms with van der Waals surface area (Å²) in [7, 11) is 0. The predicted octanol–water partition coefficient (Wildman–Crippen LogP) is 3.76. The smallest absolute Gasteiger partial charge is 0.257 e. The first-order valence-electron chi connectivity index (χ1n) is 6.04. The summed E-state index contributed by atoms with van der Waals surface area (Å²) >= 11 is 0. The van der Waals surface area contributed by atoms with E-state index in [4.69, 9.17) is 0 Å². The quantitative estimate of drug-likeness (QED) is 0.817. The second-order valence-corrected chi connectivity index (χ2v) is 5.81. The molecule has 0 aliphatic carbocycles. The Kier molecular flexibility index (Phi) is 4.28. The summed E-state index contributed by atoms with van der Waals surface area (Å²) in [6.07, 6.45) is 0. The Bertz CT molecular complexity index is 504. The monoisotopic (exact) mass is 273 g/mol. The summed E-state index contributed by atoms with van der Waals surface area (Å²) in [5.41, 5.74) is -1.62. The molecule has 0 atom stereocenters. The number of halogens is 3. The van der Waals surface area contributed by atoms with Crippen molar-refractivity contribution in [2.45, 2.75) is 46.1 Å². The van der Waals surface area contributed by atoms with E-state index >= 15 is 0 Å². The van der Waals surface area contributed by atoms with E-state index in [2.05, 4.69) is 5.32 Å². The van der Waals surface area contributed by atoms with E-state index in [0.717, 1.165) is 6.07 Å². The maximum absolute atomic E-state index is 13.8. The van der Waals surface area contributed by atoms with Crippen molar-refractivity contribution in [3.05, 3.63) is 34.6 Å². The fourth-order valence-electron chi connectivity index (χ4n) is 1.64. The van der Waals surface area contributed by atoms with Gasteiger partial charge in [0.05, 0.1) is 0 Å². The van der Waals surface area contributed by atoms with E-state index in [-0.39, 0.29) is 11.5 Å². The number of hydrogen-bond donors (Lipinski definition) is 1. The van der Waals surface area contributed by atoms with Gasteiger partial charge in [-0.2, -0.15) is 0 Å². The third-order valence-electron chi connectivity index (χ3n) is 2.52. The number of nitrogens with one attached hydrogen (secondary N) is 1. The third kappa shape index (κ3) is 3.49. The Morgan fingerprint density at radius 2 is 1.68 bits per heavy atom. The van der Waals surface area contributed by atoms with Crippen LogP contribution in [0.15, 0.2) is 6.07 Å². The predicted molar refractivity (Wildman–Crippen MR) is 67.6 cm³/mol. The minimum absolute atomic E-state index is 0.0812. The lowest BCUT2D eigenvalue weighted by Crippen LogP contribution is -2.41. The second-order valence-electron chi connectivity index (χ2n) is 5.81. The summed E-state index contributed by atoms with van der Waals surface area (Å²) < 4.78 is 41.4. The van der Waals surface area contributed by atoms with Gasteiger partial charge in [-0.15, -0.1) is 0 Å². The zero-order valence-electron chi connectivity index (χ0n) is 11.7. The maximum atomic E-state index is 13.8. The van der Waals surface area contributed by atoms with Crippen LogP contribution in [0.1, 0.15) is 56.5 Å². The number of rotatable bonds is 2. The average Bonchev–Trinajstić information content (AvgIpc) is 2.20. The van der Waals surface area contributed by atoms with Crippen LogP contribution in [0.25, 0.3) is 0 Å². The molecule has 0 radical (unpaired) electrons. The van der Waals surface area contributed by atoms with Gasteiger partial charge in [-0.1, -0.05) is 13.8 Å². The van der Waals surface area contributed by atoms with Crippen LogP contribution in [0.5, 0.6) is 0 Å². The van der Waals surface area contributed by atoms with Crippen molar-refractivity contribution < 1.29 is 18.0 Å². The highest BCUT2D eigenvalue weighted by Gasteiger charge is 2.27. The summed E-state index contributed by atoms with van der Waals surface area (Å²) in [4.78, 5) is 11.8. The van der Waals surface area contributed by atoms with Gasteiger partial charge in [0.1, 0.15) is 11.4 Å². The molecule has 0 saturated heterocycles. The van der Waals surface area contributed by atoms with Gasteiger partial charge in [0.2, 0.25) is 0 Å². The van der Waals surface area contributed by atoms with E-state index < -0.39 is 34.5 Å². The van der Waals surface area contributed by atoms with Crippen LogP contribution in [0.3, 0.4) is 0 Å². The molecule has 0 heterocycles. The van der Waals surface area contributed by atoms with Gasteiger partial charge in [-0.25, -0.2) is 13.2 Å². The largest absolute Gasteiger partial charge is 0.347 e. The Morgan fingerprint density at radius 3 is 2.11 bits per heavy atom. The molecular formula is C14H18F3NO. The normalized spacial score (nSPS) is 11.8. The molecule has 0 aliphatic rings. The van der Waals surface area contributed by atoms with Crippen LogP contribution in [-0.4, -0.2) is 11.4 Å². The molecule has 1 aromatic rings. The van der Waals surface area contributed by atoms with Crippen molar-refractivity contribution in [2.75, 3.05) is 0 Å². The molecule has 2 nitrogen and oxygen atoms in total. The van der Waals surface area contributed by atoms with Crippen molar-refractivity contribution in [3.8, 4) is 0 Å². The van der Waals surface area contributed by atoms with Crippen LogP contribution in [0.2, 0.25) is 0 Å². The lowest BCUT2D eigenvalue weighted by Gasteiger charge is -2.21. The van der Waals surface area contributed by atoms with Gasteiger partial charge in [0.15, 0.2) is 11.6 Å². The fraction of sp³-hybridized carbons (Fsp3) is 0.500. The zero-order chi connectivity index (χ0) is 15.0. The van der Waals surface area contributed by atoms with Gasteiger partial charge in [-0.05, 0) is 38.3 Å². The highest BCUT2D eigenvalue weighted by Crippen LogP contribution is 2.25. The lowest BCUT2D eigenvalue weighted by molar-refractivity contribution is 0.0909. The zero-order valence-corrected chi connectivity index (χ0v) is 11.7. The summed E-state index contributed by atoms with van der Waals surface area (Å²) in [5.74, 6) is -4.99. The minimum atomic E-state index is -1.44. The Labute approximate surface area is 111 Å². The molecule has 0 spiro atoms. The molecule has 1 amide bonds. The molecule has 0 unspecified atom stereocenters. The molecule has 0 saturated carbocycles. The standard InChI is InChI=1S/C14H18F3NO/c1-7(2)8-6-9(15)10(12(17)11(8)16)13(19)18-14(3,4)5/h6-7H,1-5H3,(H,18,19). The highest BCUT2D eigenvalue weighted by atomic mass is 19.2. The lowest BCUT2D eigenvalue weighted by atomic mass is 9.99. The van der Waals surface area contributed by atoms with Crippen molar-refractivity contribution >= 4 is 5.91 Å². The van der Waals surface area contributed by atoms with Crippen molar-refractivity contribution in [2.24, 2.45) is 0 Å². The van der Waals surface area contributed by atoms with Crippen LogP contribution in [0, 0.1) is 17.5 Å². The van der Waals surface area contributed by atoms with E-state index in [1.807, 2.05) is 0 Å². The molecule has 0 fully saturated rings. The SMILES string of the molecule is CC(C)c1cc(F)c(C(=O)NC(C)(C)C)c(F)c1F. The molecule has 0 aliphatic heterocycles. The van der Waals surface area contributed by atoms with E-state index in [1.54, 1.807) is 34.6 Å². The third-order valence-corrected chi connectivity index (χ3v) is 2.52. The summed E-state index contributed by atoms with van der Waals surface area (Å²) in [5, 5.41) is 2.41. The van der Waals surface area contributed by atoms with Gasteiger partial charge >= 0.3 is 0 Å². The number of carbonyl (C=O) groups excluding carboxylic acids is 1. The van der Waals surface area contributed by atoms with Gasteiger partial charge in [0.25, 0.3) is 5.91 Å². The molecule has 19 heavy (non-hydrogen) atoms. The van der Waals surface area contributed by atoms with Crippen LogP contribution < -0.4 is 5.32 Å². The molecule has 1 rings (SSSR count). The van der Waals surface area contributed by atoms with Crippen LogP contribution >= 0.6 is 0 Å². The average molecular weight is 273 g/mol. The van der Waals surface area contributed by atoms with Gasteiger partial charge in [0, 0.05) is 5.54 Å². The van der Waals surface area contributed by atoms with Crippen molar-refractivity contribution in [1.29, 1.82) is 0 Å². The second kappa shape index (κ2) is 5.23. The first-order valence-corrected chi connectivity index (χ1v) is 6.04. The molecule has 1 N–H and O–H groups in total. The molecular weight excluding hydrogens is 255 g/mol. The van der Waals surface area contributed by atoms with E-state index in [0.29, 0.717) is 0 Å². The van der Waals surface area contributed by atoms with Crippen molar-refractivity contribution in [3.63, 3.8) is 0 Å². The first kappa shape index (κ1) is 15.5. The Hall–Kier alpha value is -1.52. The van der Waals surface area contributed by atoms with Crippen molar-refractivity contribution in [1.82, 2.24) is 5.32 Å². The molecule has 0 aromatic heterocycles. The Balaban J connectivity index is 3.31. The minimum Gasteiger partial charge on any atom is -0.347 e. The Morgan fingerprint density at radius 1 is 1.16 bits per heavy atom. The summed E-state index contributed by atoms with van der Waals surface area (Å²) in [6, 6.07) is 0.876. The van der Waals surface area contributed by atoms with Gasteiger partial charge < -0.3 is 5.32 Å². The van der Waals surface area contributed by atoms with Crippen LogP contribution in [0.4, 0.5) is 13.2 Å². The molecule has 1 aromatic carbocycles. The maximum Gasteiger partial charge on any atom is 0.257 e. The topological polar surface area (TPSA) is 29.1 Å². The molecule has 0 bridgehead atoms. The fourth-order valence-corrected chi connectivity index (χ4v) is 1.64. The number of hydrogen-bond acceptors (Lipinski definition) is 1. The van der Waals surface area contributed by atoms with E-state index in [9.17, 15) is 18.0 Å². The van der Waals surface area contributed by atoms with E-state index in [1.165, 1.54) is 0 Å². The van der Waals surface area contributed by atoms with Gasteiger partial charge in [-0.3, -0.25) is 4.79 Å². The molecule has 106 valence electrons. The number of benzene rings is 1. The number of amides is 1.